The van der Waals surface area contributed by atoms with E-state index in [1.54, 1.807) is 0 Å². The van der Waals surface area contributed by atoms with Gasteiger partial charge in [-0.05, 0) is 36.8 Å². The van der Waals surface area contributed by atoms with Gasteiger partial charge in [0, 0.05) is 19.7 Å². The highest BCUT2D eigenvalue weighted by atomic mass is 16.5. The maximum Gasteiger partial charge on any atom is 0.321 e. The molecule has 0 spiro atoms. The Morgan fingerprint density at radius 2 is 2.15 bits per heavy atom. The Hall–Kier alpha value is -1.39. The fraction of sp³-hybridized carbons (Fsp3) is 0.562. The smallest absolute Gasteiger partial charge is 0.321 e. The van der Waals surface area contributed by atoms with E-state index in [9.17, 15) is 9.90 Å². The molecule has 0 bridgehead atoms. The Bertz CT molecular complexity index is 482. The van der Waals surface area contributed by atoms with Gasteiger partial charge in [-0.3, -0.25) is 9.69 Å². The van der Waals surface area contributed by atoms with Crippen molar-refractivity contribution in [1.82, 2.24) is 4.90 Å². The summed E-state index contributed by atoms with van der Waals surface area (Å²) in [7, 11) is 0. The van der Waals surface area contributed by atoms with Crippen molar-refractivity contribution in [2.24, 2.45) is 0 Å². The molecule has 3 rings (SSSR count). The average Bonchev–Trinajstić information content (AvgIpc) is 2.97. The number of carbonyl (C=O) groups is 1. The van der Waals surface area contributed by atoms with Crippen molar-refractivity contribution in [2.75, 3.05) is 13.2 Å². The molecule has 0 aliphatic carbocycles. The third-order valence-electron chi connectivity index (χ3n) is 4.39. The van der Waals surface area contributed by atoms with Gasteiger partial charge in [0.05, 0.1) is 6.10 Å². The fourth-order valence-corrected chi connectivity index (χ4v) is 3.24. The van der Waals surface area contributed by atoms with Gasteiger partial charge in [0.15, 0.2) is 0 Å². The topological polar surface area (TPSA) is 49.8 Å². The van der Waals surface area contributed by atoms with E-state index in [1.807, 2.05) is 18.2 Å². The van der Waals surface area contributed by atoms with Crippen molar-refractivity contribution in [2.45, 2.75) is 44.4 Å². The highest BCUT2D eigenvalue weighted by Gasteiger charge is 2.31. The molecule has 2 heterocycles. The van der Waals surface area contributed by atoms with Gasteiger partial charge in [-0.1, -0.05) is 24.3 Å². The molecule has 1 fully saturated rings. The van der Waals surface area contributed by atoms with Gasteiger partial charge in [0.2, 0.25) is 0 Å². The normalized spacial score (nSPS) is 26.4. The van der Waals surface area contributed by atoms with Gasteiger partial charge >= 0.3 is 5.97 Å². The molecule has 4 nitrogen and oxygen atoms in total. The molecule has 2 aliphatic rings. The number of fused-ring (bicyclic) bond motifs is 1. The summed E-state index contributed by atoms with van der Waals surface area (Å²) < 4.78 is 5.64. The van der Waals surface area contributed by atoms with Crippen LogP contribution in [0.15, 0.2) is 24.3 Å². The molecule has 4 heteroatoms. The summed E-state index contributed by atoms with van der Waals surface area (Å²) in [5, 5.41) is 9.45. The second kappa shape index (κ2) is 5.94. The Morgan fingerprint density at radius 1 is 1.35 bits per heavy atom. The maximum absolute atomic E-state index is 11.5. The van der Waals surface area contributed by atoms with Gasteiger partial charge in [-0.25, -0.2) is 0 Å². The Morgan fingerprint density at radius 3 is 2.85 bits per heavy atom. The number of nitrogens with zero attached hydrogens (tertiary/aromatic N) is 1. The number of benzene rings is 1. The van der Waals surface area contributed by atoms with Crippen LogP contribution in [0, 0.1) is 0 Å². The summed E-state index contributed by atoms with van der Waals surface area (Å²) in [4.78, 5) is 13.6. The molecule has 108 valence electrons. The van der Waals surface area contributed by atoms with E-state index in [0.29, 0.717) is 12.5 Å². The quantitative estimate of drug-likeness (QED) is 0.914. The molecule has 1 aromatic rings. The van der Waals surface area contributed by atoms with E-state index < -0.39 is 12.0 Å². The lowest BCUT2D eigenvalue weighted by Crippen LogP contribution is -2.46. The summed E-state index contributed by atoms with van der Waals surface area (Å²) in [6.07, 6.45) is 4.11. The van der Waals surface area contributed by atoms with Crippen LogP contribution in [0.4, 0.5) is 0 Å². The van der Waals surface area contributed by atoms with E-state index >= 15 is 0 Å². The van der Waals surface area contributed by atoms with Crippen LogP contribution >= 0.6 is 0 Å². The van der Waals surface area contributed by atoms with Crippen molar-refractivity contribution in [3.05, 3.63) is 35.4 Å². The molecular weight excluding hydrogens is 254 g/mol. The molecule has 0 saturated carbocycles. The highest BCUT2D eigenvalue weighted by molar-refractivity contribution is 5.74. The van der Waals surface area contributed by atoms with Crippen LogP contribution in [0.2, 0.25) is 0 Å². The minimum Gasteiger partial charge on any atom is -0.480 e. The number of carboxylic acid groups (broad SMARTS) is 1. The molecule has 0 aromatic heterocycles. The van der Waals surface area contributed by atoms with E-state index in [2.05, 4.69) is 11.0 Å². The van der Waals surface area contributed by atoms with E-state index in [-0.39, 0.29) is 0 Å². The predicted octanol–water partition coefficient (Wildman–Crippen LogP) is 2.07. The maximum atomic E-state index is 11.5. The zero-order valence-corrected chi connectivity index (χ0v) is 11.6. The first-order valence-electron chi connectivity index (χ1n) is 7.39. The zero-order valence-electron chi connectivity index (χ0n) is 11.6. The van der Waals surface area contributed by atoms with Crippen molar-refractivity contribution in [1.29, 1.82) is 0 Å². The standard InChI is InChI=1S/C16H21NO3/c18-16(19)15-10-12-4-1-2-5-13(12)11-17(15)8-7-14-6-3-9-20-14/h1-2,4-5,14-15H,3,6-11H2,(H,18,19). The first-order valence-corrected chi connectivity index (χ1v) is 7.39. The first-order chi connectivity index (χ1) is 9.74. The predicted molar refractivity (Wildman–Crippen MR) is 75.6 cm³/mol. The zero-order chi connectivity index (χ0) is 13.9. The van der Waals surface area contributed by atoms with Crippen LogP contribution in [0.1, 0.15) is 30.4 Å². The molecule has 1 aromatic carbocycles. The van der Waals surface area contributed by atoms with E-state index in [4.69, 9.17) is 4.74 Å². The molecule has 2 atom stereocenters. The van der Waals surface area contributed by atoms with Crippen molar-refractivity contribution in [3.8, 4) is 0 Å². The Kier molecular flexibility index (Phi) is 4.03. The van der Waals surface area contributed by atoms with Crippen molar-refractivity contribution in [3.63, 3.8) is 0 Å². The third kappa shape index (κ3) is 2.86. The fourth-order valence-electron chi connectivity index (χ4n) is 3.24. The van der Waals surface area contributed by atoms with Gasteiger partial charge in [-0.15, -0.1) is 0 Å². The molecule has 20 heavy (non-hydrogen) atoms. The van der Waals surface area contributed by atoms with Gasteiger partial charge < -0.3 is 9.84 Å². The van der Waals surface area contributed by atoms with E-state index in [0.717, 1.165) is 39.0 Å². The second-order valence-electron chi connectivity index (χ2n) is 5.72. The summed E-state index contributed by atoms with van der Waals surface area (Å²) in [6.45, 7) is 2.39. The second-order valence-corrected chi connectivity index (χ2v) is 5.72. The van der Waals surface area contributed by atoms with Crippen molar-refractivity contribution < 1.29 is 14.6 Å². The molecule has 2 unspecified atom stereocenters. The summed E-state index contributed by atoms with van der Waals surface area (Å²) >= 11 is 0. The molecule has 0 radical (unpaired) electrons. The number of carboxylic acids is 1. The van der Waals surface area contributed by atoms with Crippen LogP contribution in [-0.4, -0.2) is 41.3 Å². The van der Waals surface area contributed by atoms with Gasteiger partial charge in [0.1, 0.15) is 6.04 Å². The SMILES string of the molecule is O=C(O)C1Cc2ccccc2CN1CCC1CCCO1. The molecule has 1 N–H and O–H groups in total. The minimum atomic E-state index is -0.716. The first kappa shape index (κ1) is 13.6. The lowest BCUT2D eigenvalue weighted by molar-refractivity contribution is -0.144. The van der Waals surface area contributed by atoms with Crippen LogP contribution in [0.25, 0.3) is 0 Å². The lowest BCUT2D eigenvalue weighted by Gasteiger charge is -2.34. The summed E-state index contributed by atoms with van der Waals surface area (Å²) in [5.41, 5.74) is 2.44. The van der Waals surface area contributed by atoms with Gasteiger partial charge in [-0.2, -0.15) is 0 Å². The number of ether oxygens (including phenoxy) is 1. The molecular formula is C16H21NO3. The van der Waals surface area contributed by atoms with Gasteiger partial charge in [0.25, 0.3) is 0 Å². The summed E-state index contributed by atoms with van der Waals surface area (Å²) in [6, 6.07) is 7.76. The van der Waals surface area contributed by atoms with Crippen LogP contribution in [0.5, 0.6) is 0 Å². The lowest BCUT2D eigenvalue weighted by atomic mass is 9.93. The van der Waals surface area contributed by atoms with Crippen molar-refractivity contribution >= 4 is 5.97 Å². The monoisotopic (exact) mass is 275 g/mol. The number of aliphatic carboxylic acids is 1. The number of hydrogen-bond donors (Lipinski definition) is 1. The average molecular weight is 275 g/mol. The number of hydrogen-bond acceptors (Lipinski definition) is 3. The third-order valence-corrected chi connectivity index (χ3v) is 4.39. The molecule has 0 amide bonds. The highest BCUT2D eigenvalue weighted by Crippen LogP contribution is 2.25. The van der Waals surface area contributed by atoms with Crippen LogP contribution in [0.3, 0.4) is 0 Å². The molecule has 1 saturated heterocycles. The largest absolute Gasteiger partial charge is 0.480 e. The molecule has 2 aliphatic heterocycles. The van der Waals surface area contributed by atoms with Crippen LogP contribution < -0.4 is 0 Å². The summed E-state index contributed by atoms with van der Waals surface area (Å²) in [5.74, 6) is -0.716. The Balaban J connectivity index is 1.69. The number of rotatable bonds is 4. The van der Waals surface area contributed by atoms with E-state index in [1.165, 1.54) is 11.1 Å². The Labute approximate surface area is 119 Å². The minimum absolute atomic E-state index is 0.321. The van der Waals surface area contributed by atoms with Crippen LogP contribution in [-0.2, 0) is 22.5 Å².